The molecule has 12 heavy (non-hydrogen) atoms. The number of ketones is 1. The van der Waals surface area contributed by atoms with Crippen LogP contribution in [0, 0.1) is 6.92 Å². The van der Waals surface area contributed by atoms with Crippen molar-refractivity contribution in [2.24, 2.45) is 0 Å². The molecule has 0 aromatic heterocycles. The number of hydrogen-bond acceptors (Lipinski definition) is 2. The Morgan fingerprint density at radius 3 is 2.67 bits per heavy atom. The van der Waals surface area contributed by atoms with Crippen LogP contribution in [0.15, 0.2) is 0 Å². The molecule has 0 spiro atoms. The van der Waals surface area contributed by atoms with E-state index in [0.717, 1.165) is 25.7 Å². The fourth-order valence-electron chi connectivity index (χ4n) is 1.02. The van der Waals surface area contributed by atoms with Crippen LogP contribution in [0.2, 0.25) is 0 Å². The SMILES string of the molecule is [CH2]CCCC(O)C(=O)CCCC. The van der Waals surface area contributed by atoms with Crippen molar-refractivity contribution in [1.29, 1.82) is 0 Å². The van der Waals surface area contributed by atoms with Crippen LogP contribution in [0.1, 0.15) is 45.4 Å². The topological polar surface area (TPSA) is 37.3 Å². The molecule has 0 rings (SSSR count). The van der Waals surface area contributed by atoms with Gasteiger partial charge in [0.15, 0.2) is 5.78 Å². The number of unbranched alkanes of at least 4 members (excludes halogenated alkanes) is 2. The third-order valence-electron chi connectivity index (χ3n) is 1.88. The van der Waals surface area contributed by atoms with Crippen molar-refractivity contribution in [3.05, 3.63) is 6.92 Å². The third-order valence-corrected chi connectivity index (χ3v) is 1.88. The maximum absolute atomic E-state index is 11.1. The summed E-state index contributed by atoms with van der Waals surface area (Å²) in [7, 11) is 0. The van der Waals surface area contributed by atoms with Crippen LogP contribution in [0.5, 0.6) is 0 Å². The quantitative estimate of drug-likeness (QED) is 0.637. The van der Waals surface area contributed by atoms with E-state index in [2.05, 4.69) is 6.92 Å². The highest BCUT2D eigenvalue weighted by Gasteiger charge is 2.12. The maximum atomic E-state index is 11.1. The summed E-state index contributed by atoms with van der Waals surface area (Å²) in [5.74, 6) is -0.00898. The van der Waals surface area contributed by atoms with Gasteiger partial charge in [-0.25, -0.2) is 0 Å². The monoisotopic (exact) mass is 171 g/mol. The summed E-state index contributed by atoms with van der Waals surface area (Å²) >= 11 is 0. The van der Waals surface area contributed by atoms with Gasteiger partial charge in [0.05, 0.1) is 0 Å². The van der Waals surface area contributed by atoms with Crippen molar-refractivity contribution in [2.45, 2.75) is 51.6 Å². The Balaban J connectivity index is 3.47. The Hall–Kier alpha value is -0.370. The van der Waals surface area contributed by atoms with E-state index in [9.17, 15) is 9.90 Å². The van der Waals surface area contributed by atoms with E-state index in [1.54, 1.807) is 0 Å². The molecule has 1 N–H and O–H groups in total. The van der Waals surface area contributed by atoms with E-state index >= 15 is 0 Å². The van der Waals surface area contributed by atoms with Crippen molar-refractivity contribution >= 4 is 5.78 Å². The minimum absolute atomic E-state index is 0.00898. The number of carbonyl (C=O) groups is 1. The highest BCUT2D eigenvalue weighted by molar-refractivity contribution is 5.82. The second-order valence-corrected chi connectivity index (χ2v) is 3.08. The first-order valence-electron chi connectivity index (χ1n) is 4.72. The van der Waals surface area contributed by atoms with E-state index in [4.69, 9.17) is 0 Å². The molecule has 2 nitrogen and oxygen atoms in total. The van der Waals surface area contributed by atoms with Gasteiger partial charge in [-0.2, -0.15) is 0 Å². The van der Waals surface area contributed by atoms with Crippen LogP contribution in [-0.2, 0) is 4.79 Å². The second-order valence-electron chi connectivity index (χ2n) is 3.08. The average Bonchev–Trinajstić information content (AvgIpc) is 2.10. The molecule has 0 fully saturated rings. The molecule has 0 saturated heterocycles. The molecule has 0 aliphatic heterocycles. The van der Waals surface area contributed by atoms with Gasteiger partial charge in [0.1, 0.15) is 6.10 Å². The normalized spacial score (nSPS) is 12.9. The lowest BCUT2D eigenvalue weighted by atomic mass is 10.0. The minimum Gasteiger partial charge on any atom is -0.385 e. The first kappa shape index (κ1) is 11.6. The van der Waals surface area contributed by atoms with Crippen molar-refractivity contribution in [3.8, 4) is 0 Å². The molecule has 71 valence electrons. The maximum Gasteiger partial charge on any atom is 0.161 e. The predicted molar refractivity (Wildman–Crippen MR) is 49.7 cm³/mol. The number of Topliss-reactive ketones (excluding diaryl/α,β-unsaturated/α-hetero) is 1. The van der Waals surface area contributed by atoms with E-state index in [1.165, 1.54) is 0 Å². The second kappa shape index (κ2) is 7.29. The van der Waals surface area contributed by atoms with Crippen LogP contribution in [0.25, 0.3) is 0 Å². The van der Waals surface area contributed by atoms with Crippen LogP contribution < -0.4 is 0 Å². The number of aliphatic hydroxyl groups is 1. The lowest BCUT2D eigenvalue weighted by Crippen LogP contribution is -2.19. The molecule has 0 aromatic rings. The van der Waals surface area contributed by atoms with Gasteiger partial charge >= 0.3 is 0 Å². The zero-order chi connectivity index (χ0) is 9.40. The first-order chi connectivity index (χ1) is 5.72. The number of rotatable bonds is 7. The van der Waals surface area contributed by atoms with Crippen molar-refractivity contribution in [1.82, 2.24) is 0 Å². The van der Waals surface area contributed by atoms with Crippen LogP contribution in [-0.4, -0.2) is 17.0 Å². The Morgan fingerprint density at radius 1 is 1.50 bits per heavy atom. The van der Waals surface area contributed by atoms with E-state index in [-0.39, 0.29) is 5.78 Å². The zero-order valence-corrected chi connectivity index (χ0v) is 7.88. The Bertz CT molecular complexity index is 121. The lowest BCUT2D eigenvalue weighted by Gasteiger charge is -2.07. The standard InChI is InChI=1S/C10H19O2/c1-3-5-7-9(11)10(12)8-6-4-2/h9,11H,1,3-8H2,2H3. The molecule has 0 amide bonds. The van der Waals surface area contributed by atoms with Gasteiger partial charge in [-0.15, -0.1) is 0 Å². The van der Waals surface area contributed by atoms with E-state index in [0.29, 0.717) is 12.8 Å². The Morgan fingerprint density at radius 2 is 2.17 bits per heavy atom. The van der Waals surface area contributed by atoms with Crippen LogP contribution >= 0.6 is 0 Å². The fourth-order valence-corrected chi connectivity index (χ4v) is 1.02. The molecular weight excluding hydrogens is 152 g/mol. The van der Waals surface area contributed by atoms with Gasteiger partial charge in [-0.1, -0.05) is 33.1 Å². The van der Waals surface area contributed by atoms with Gasteiger partial charge in [0.25, 0.3) is 0 Å². The van der Waals surface area contributed by atoms with Gasteiger partial charge < -0.3 is 5.11 Å². The number of carbonyl (C=O) groups excluding carboxylic acids is 1. The summed E-state index contributed by atoms with van der Waals surface area (Å²) in [6.45, 7) is 5.69. The van der Waals surface area contributed by atoms with Crippen LogP contribution in [0.3, 0.4) is 0 Å². The van der Waals surface area contributed by atoms with E-state index in [1.807, 2.05) is 6.92 Å². The van der Waals surface area contributed by atoms with Gasteiger partial charge in [-0.3, -0.25) is 4.79 Å². The summed E-state index contributed by atoms with van der Waals surface area (Å²) in [6, 6.07) is 0. The molecule has 0 bridgehead atoms. The molecule has 0 aromatic carbocycles. The highest BCUT2D eigenvalue weighted by atomic mass is 16.3. The third kappa shape index (κ3) is 5.30. The largest absolute Gasteiger partial charge is 0.385 e. The molecule has 1 unspecified atom stereocenters. The summed E-state index contributed by atoms with van der Waals surface area (Å²) in [4.78, 5) is 11.1. The molecule has 1 atom stereocenters. The van der Waals surface area contributed by atoms with Crippen molar-refractivity contribution < 1.29 is 9.90 Å². The average molecular weight is 171 g/mol. The molecular formula is C10H19O2. The summed E-state index contributed by atoms with van der Waals surface area (Å²) < 4.78 is 0. The number of aliphatic hydroxyl groups excluding tert-OH is 1. The zero-order valence-electron chi connectivity index (χ0n) is 7.88. The molecule has 0 aliphatic carbocycles. The highest BCUT2D eigenvalue weighted by Crippen LogP contribution is 2.05. The lowest BCUT2D eigenvalue weighted by molar-refractivity contribution is -0.127. The number of hydrogen-bond donors (Lipinski definition) is 1. The van der Waals surface area contributed by atoms with Crippen molar-refractivity contribution in [3.63, 3.8) is 0 Å². The smallest absolute Gasteiger partial charge is 0.161 e. The van der Waals surface area contributed by atoms with Crippen LogP contribution in [0.4, 0.5) is 0 Å². The van der Waals surface area contributed by atoms with Gasteiger partial charge in [-0.05, 0) is 12.8 Å². The van der Waals surface area contributed by atoms with E-state index < -0.39 is 6.10 Å². The minimum atomic E-state index is -0.738. The fraction of sp³-hybridized carbons (Fsp3) is 0.800. The first-order valence-corrected chi connectivity index (χ1v) is 4.72. The Labute approximate surface area is 75.0 Å². The molecule has 2 heteroatoms. The summed E-state index contributed by atoms with van der Waals surface area (Å²) in [6.07, 6.45) is 3.88. The summed E-state index contributed by atoms with van der Waals surface area (Å²) in [5, 5.41) is 9.30. The predicted octanol–water partition coefficient (Wildman–Crippen LogP) is 2.11. The van der Waals surface area contributed by atoms with Gasteiger partial charge in [0.2, 0.25) is 0 Å². The van der Waals surface area contributed by atoms with Gasteiger partial charge in [0, 0.05) is 6.42 Å². The van der Waals surface area contributed by atoms with Crippen molar-refractivity contribution in [2.75, 3.05) is 0 Å². The molecule has 0 saturated carbocycles. The molecule has 0 heterocycles. The molecule has 0 aliphatic rings. The summed E-state index contributed by atoms with van der Waals surface area (Å²) in [5.41, 5.74) is 0. The Kier molecular flexibility index (Phi) is 7.06. The molecule has 1 radical (unpaired) electrons.